The minimum Gasteiger partial charge on any atom is -0.359 e. The van der Waals surface area contributed by atoms with Crippen LogP contribution in [0.5, 0.6) is 0 Å². The molecule has 0 radical (unpaired) electrons. The van der Waals surface area contributed by atoms with Gasteiger partial charge in [-0.2, -0.15) is 48.5 Å². The molecule has 0 aliphatic rings. The summed E-state index contributed by atoms with van der Waals surface area (Å²) in [6.07, 6.45) is 7.25. The molecule has 0 amide bonds. The number of para-hydroxylation sites is 3. The maximum absolute atomic E-state index is 3.85. The van der Waals surface area contributed by atoms with E-state index in [0.717, 1.165) is 39.1 Å². The van der Waals surface area contributed by atoms with Crippen LogP contribution in [0.15, 0.2) is 109 Å². The third-order valence-electron chi connectivity index (χ3n) is 7.26. The molecule has 3 aromatic heterocycles. The molecular formula is C34H21N4Pt+. The summed E-state index contributed by atoms with van der Waals surface area (Å²) in [5, 5.41) is 4.76. The van der Waals surface area contributed by atoms with Crippen molar-refractivity contribution in [2.24, 2.45) is 7.05 Å². The first-order valence-electron chi connectivity index (χ1n) is 12.6. The quantitative estimate of drug-likeness (QED) is 0.146. The number of hydrogen-bond donors (Lipinski definition) is 0. The Morgan fingerprint density at radius 2 is 1.23 bits per heavy atom. The number of aromatic nitrogens is 4. The average Bonchev–Trinajstić information content (AvgIpc) is 3.64. The van der Waals surface area contributed by atoms with Crippen LogP contribution >= 0.6 is 0 Å². The Kier molecular flexibility index (Phi) is 5.54. The summed E-state index contributed by atoms with van der Waals surface area (Å²) in [5.74, 6) is 0. The van der Waals surface area contributed by atoms with Gasteiger partial charge >= 0.3 is 21.1 Å². The van der Waals surface area contributed by atoms with Crippen LogP contribution in [0.3, 0.4) is 0 Å². The fourth-order valence-electron chi connectivity index (χ4n) is 5.60. The predicted octanol–water partition coefficient (Wildman–Crippen LogP) is 6.69. The van der Waals surface area contributed by atoms with E-state index in [0.29, 0.717) is 0 Å². The van der Waals surface area contributed by atoms with Gasteiger partial charge in [0.05, 0.1) is 7.05 Å². The molecule has 39 heavy (non-hydrogen) atoms. The Balaban J connectivity index is 0.00000253. The molecule has 0 N–H and O–H groups in total. The molecule has 0 saturated carbocycles. The van der Waals surface area contributed by atoms with Crippen molar-refractivity contribution in [1.82, 2.24) is 13.7 Å². The van der Waals surface area contributed by atoms with Crippen LogP contribution in [0.4, 0.5) is 0 Å². The molecule has 0 fully saturated rings. The van der Waals surface area contributed by atoms with Gasteiger partial charge in [-0.15, -0.1) is 29.0 Å². The Morgan fingerprint density at radius 3 is 1.87 bits per heavy atom. The zero-order valence-corrected chi connectivity index (χ0v) is 23.3. The van der Waals surface area contributed by atoms with Crippen molar-refractivity contribution in [2.45, 2.75) is 0 Å². The predicted molar refractivity (Wildman–Crippen MR) is 151 cm³/mol. The molecule has 0 saturated heterocycles. The van der Waals surface area contributed by atoms with Crippen molar-refractivity contribution < 1.29 is 25.6 Å². The normalized spacial score (nSPS) is 11.5. The summed E-state index contributed by atoms with van der Waals surface area (Å²) in [7, 11) is 1.97. The van der Waals surface area contributed by atoms with Crippen LogP contribution in [0.2, 0.25) is 0 Å². The monoisotopic (exact) mass is 680 g/mol. The maximum atomic E-state index is 3.85. The summed E-state index contributed by atoms with van der Waals surface area (Å²) in [4.78, 5) is 0. The van der Waals surface area contributed by atoms with Gasteiger partial charge in [0.1, 0.15) is 0 Å². The van der Waals surface area contributed by atoms with Gasteiger partial charge in [0.2, 0.25) is 6.33 Å². The average molecular weight is 681 g/mol. The largest absolute Gasteiger partial charge is 4.00 e. The second kappa shape index (κ2) is 9.11. The van der Waals surface area contributed by atoms with Crippen LogP contribution in [-0.2, 0) is 28.1 Å². The van der Waals surface area contributed by atoms with Crippen LogP contribution < -0.4 is 4.57 Å². The van der Waals surface area contributed by atoms with Gasteiger partial charge in [-0.3, -0.25) is 0 Å². The van der Waals surface area contributed by atoms with E-state index in [1.165, 1.54) is 21.5 Å². The molecule has 4 nitrogen and oxygen atoms in total. The van der Waals surface area contributed by atoms with Crippen molar-refractivity contribution in [2.75, 3.05) is 0 Å². The van der Waals surface area contributed by atoms with Crippen molar-refractivity contribution in [3.8, 4) is 17.1 Å². The summed E-state index contributed by atoms with van der Waals surface area (Å²) < 4.78 is 8.40. The number of benzene rings is 5. The van der Waals surface area contributed by atoms with Crippen LogP contribution in [0, 0.1) is 24.5 Å². The fraction of sp³-hybridized carbons (Fsp3) is 0.0294. The maximum Gasteiger partial charge on any atom is 4.00 e. The van der Waals surface area contributed by atoms with Crippen LogP contribution in [-0.4, -0.2) is 13.7 Å². The molecule has 186 valence electrons. The minimum atomic E-state index is 0. The molecule has 3 heterocycles. The summed E-state index contributed by atoms with van der Waals surface area (Å²) >= 11 is 0. The zero-order chi connectivity index (χ0) is 25.2. The van der Waals surface area contributed by atoms with Crippen LogP contribution in [0.25, 0.3) is 60.7 Å². The fourth-order valence-corrected chi connectivity index (χ4v) is 5.60. The van der Waals surface area contributed by atoms with Crippen molar-refractivity contribution in [3.63, 3.8) is 0 Å². The first kappa shape index (κ1) is 23.7. The third kappa shape index (κ3) is 3.60. The molecule has 0 aliphatic heterocycles. The van der Waals surface area contributed by atoms with E-state index in [1.54, 1.807) is 0 Å². The number of aryl methyl sites for hydroxylation is 1. The topological polar surface area (TPSA) is 18.7 Å². The molecule has 0 spiro atoms. The van der Waals surface area contributed by atoms with Gasteiger partial charge < -0.3 is 18.3 Å². The van der Waals surface area contributed by atoms with Gasteiger partial charge in [0.15, 0.2) is 0 Å². The molecule has 8 aromatic rings. The zero-order valence-electron chi connectivity index (χ0n) is 21.0. The number of imidazole rings is 1. The molecule has 0 atom stereocenters. The Morgan fingerprint density at radius 1 is 0.615 bits per heavy atom. The SMILES string of the molecule is C[n+]1[c-]n(-c2[c-]c(-n3c4[c-]c5c(cc4c4ccccc43)c3ccccc3n5-c3[c-]cccc3)ccc2)cc1.[Pt+4]. The van der Waals surface area contributed by atoms with Gasteiger partial charge in [0, 0.05) is 23.4 Å². The van der Waals surface area contributed by atoms with Crippen molar-refractivity contribution >= 4 is 43.6 Å². The van der Waals surface area contributed by atoms with Crippen molar-refractivity contribution in [1.29, 1.82) is 0 Å². The minimum absolute atomic E-state index is 0. The molecule has 0 bridgehead atoms. The summed E-state index contributed by atoms with van der Waals surface area (Å²) in [6, 6.07) is 44.7. The Hall–Kier alpha value is -4.40. The molecule has 5 aromatic carbocycles. The molecule has 8 rings (SSSR count). The van der Waals surface area contributed by atoms with Gasteiger partial charge in [-0.25, -0.2) is 0 Å². The first-order valence-corrected chi connectivity index (χ1v) is 12.6. The number of nitrogens with zero attached hydrogens (tertiary/aromatic N) is 4. The third-order valence-corrected chi connectivity index (χ3v) is 7.26. The number of fused-ring (bicyclic) bond motifs is 6. The Labute approximate surface area is 240 Å². The van der Waals surface area contributed by atoms with Crippen LogP contribution in [0.1, 0.15) is 0 Å². The van der Waals surface area contributed by atoms with E-state index in [-0.39, 0.29) is 21.1 Å². The van der Waals surface area contributed by atoms with Crippen molar-refractivity contribution in [3.05, 3.63) is 134 Å². The van der Waals surface area contributed by atoms with E-state index in [1.807, 2.05) is 40.7 Å². The molecule has 0 unspecified atom stereocenters. The second-order valence-electron chi connectivity index (χ2n) is 9.55. The smallest absolute Gasteiger partial charge is 0.359 e. The number of hydrogen-bond acceptors (Lipinski definition) is 0. The first-order chi connectivity index (χ1) is 18.8. The second-order valence-corrected chi connectivity index (χ2v) is 9.55. The van der Waals surface area contributed by atoms with E-state index < -0.39 is 0 Å². The molecular weight excluding hydrogens is 659 g/mol. The summed E-state index contributed by atoms with van der Waals surface area (Å²) in [5.41, 5.74) is 7.23. The van der Waals surface area contributed by atoms with Gasteiger partial charge in [-0.1, -0.05) is 64.5 Å². The van der Waals surface area contributed by atoms with E-state index in [4.69, 9.17) is 0 Å². The van der Waals surface area contributed by atoms with E-state index in [2.05, 4.69) is 119 Å². The Bertz CT molecular complexity index is 2150. The van der Waals surface area contributed by atoms with Gasteiger partial charge in [-0.05, 0) is 22.9 Å². The molecule has 5 heteroatoms. The van der Waals surface area contributed by atoms with Gasteiger partial charge in [0.25, 0.3) is 0 Å². The van der Waals surface area contributed by atoms with E-state index in [9.17, 15) is 0 Å². The molecule has 0 aliphatic carbocycles. The number of rotatable bonds is 3. The summed E-state index contributed by atoms with van der Waals surface area (Å²) in [6.45, 7) is 0. The standard InChI is InChI=1S/C34H21N4.Pt/c1-35-18-19-36(23-35)25-12-9-13-26(20-25)38-32-17-8-6-15-28(32)30-21-29-27-14-5-7-16-31(27)37(33(29)22-34(30)38)24-10-3-2-4-11-24;/h2-10,12-19,21H,1H3;/q-3;+4. The van der Waals surface area contributed by atoms with E-state index >= 15 is 0 Å².